The summed E-state index contributed by atoms with van der Waals surface area (Å²) in [7, 11) is 3.18. The topological polar surface area (TPSA) is 109 Å². The highest BCUT2D eigenvalue weighted by atomic mass is 16.5. The molecule has 0 saturated heterocycles. The molecule has 2 N–H and O–H groups in total. The first kappa shape index (κ1) is 22.1. The van der Waals surface area contributed by atoms with E-state index in [0.29, 0.717) is 48.7 Å². The average Bonchev–Trinajstić information content (AvgIpc) is 3.39. The first-order valence-electron chi connectivity index (χ1n) is 10.6. The van der Waals surface area contributed by atoms with E-state index in [-0.39, 0.29) is 11.8 Å². The largest absolute Gasteiger partial charge is 0.493 e. The molecule has 0 unspecified atom stereocenters. The van der Waals surface area contributed by atoms with Crippen LogP contribution in [0.4, 0.5) is 5.69 Å². The molecule has 0 atom stereocenters. The highest BCUT2D eigenvalue weighted by molar-refractivity contribution is 6.04. The summed E-state index contributed by atoms with van der Waals surface area (Å²) in [4.78, 5) is 31.2. The third kappa shape index (κ3) is 5.20. The molecule has 170 valence electrons. The number of methoxy groups -OCH3 is 2. The molecular formula is C24H25N5O4. The zero-order valence-electron chi connectivity index (χ0n) is 18.5. The van der Waals surface area contributed by atoms with Crippen molar-refractivity contribution >= 4 is 23.2 Å². The number of aromatic amines is 1. The molecular weight excluding hydrogens is 422 g/mol. The molecule has 9 nitrogen and oxygen atoms in total. The molecule has 1 aliphatic rings. The second-order valence-corrected chi connectivity index (χ2v) is 7.49. The summed E-state index contributed by atoms with van der Waals surface area (Å²) in [5.74, 6) is 0.997. The molecule has 0 radical (unpaired) electrons. The number of hydrogen-bond acceptors (Lipinski definition) is 6. The van der Waals surface area contributed by atoms with Crippen LogP contribution >= 0.6 is 0 Å². The molecule has 1 aliphatic heterocycles. The third-order valence-corrected chi connectivity index (χ3v) is 5.38. The molecule has 0 bridgehead atoms. The van der Waals surface area contributed by atoms with Gasteiger partial charge < -0.3 is 19.8 Å². The van der Waals surface area contributed by atoms with Crippen LogP contribution in [0.15, 0.2) is 60.1 Å². The van der Waals surface area contributed by atoms with Gasteiger partial charge in [-0.15, -0.1) is 0 Å². The van der Waals surface area contributed by atoms with E-state index in [1.165, 1.54) is 17.5 Å². The number of rotatable bonds is 8. The summed E-state index contributed by atoms with van der Waals surface area (Å²) in [5, 5.41) is 8.93. The molecule has 1 aromatic heterocycles. The Bertz CT molecular complexity index is 1160. The summed E-state index contributed by atoms with van der Waals surface area (Å²) in [5.41, 5.74) is 3.78. The van der Waals surface area contributed by atoms with Gasteiger partial charge >= 0.3 is 0 Å². The van der Waals surface area contributed by atoms with Gasteiger partial charge in [0.15, 0.2) is 11.5 Å². The number of benzene rings is 2. The molecule has 33 heavy (non-hydrogen) atoms. The van der Waals surface area contributed by atoms with Crippen molar-refractivity contribution in [3.63, 3.8) is 0 Å². The Morgan fingerprint density at radius 2 is 1.88 bits per heavy atom. The second-order valence-electron chi connectivity index (χ2n) is 7.49. The van der Waals surface area contributed by atoms with Gasteiger partial charge in [-0.1, -0.05) is 12.1 Å². The summed E-state index contributed by atoms with van der Waals surface area (Å²) in [6.45, 7) is 0.467. The maximum Gasteiger partial charge on any atom is 0.275 e. The van der Waals surface area contributed by atoms with Crippen LogP contribution in [0.25, 0.3) is 0 Å². The number of nitrogens with one attached hydrogen (secondary N) is 2. The van der Waals surface area contributed by atoms with Crippen molar-refractivity contribution in [3.8, 4) is 11.5 Å². The first-order chi connectivity index (χ1) is 16.1. The minimum Gasteiger partial charge on any atom is -0.493 e. The Morgan fingerprint density at radius 1 is 1.09 bits per heavy atom. The molecule has 2 amide bonds. The van der Waals surface area contributed by atoms with E-state index in [0.717, 1.165) is 16.8 Å². The van der Waals surface area contributed by atoms with Crippen molar-refractivity contribution in [2.24, 2.45) is 5.10 Å². The number of imidazole rings is 1. The molecule has 0 spiro atoms. The number of anilines is 1. The molecule has 0 aliphatic carbocycles. The minimum absolute atomic E-state index is 0.00196. The third-order valence-electron chi connectivity index (χ3n) is 5.38. The number of carbonyl (C=O) groups is 2. The van der Waals surface area contributed by atoms with Crippen molar-refractivity contribution in [2.45, 2.75) is 19.3 Å². The molecule has 3 aromatic rings. The van der Waals surface area contributed by atoms with Gasteiger partial charge in [0.2, 0.25) is 5.91 Å². The fraction of sp³-hybridized carbons (Fsp3) is 0.250. The van der Waals surface area contributed by atoms with Crippen LogP contribution < -0.4 is 14.8 Å². The minimum atomic E-state index is -0.278. The molecule has 2 heterocycles. The number of amides is 2. The second kappa shape index (κ2) is 9.99. The number of H-pyrrole nitrogens is 1. The lowest BCUT2D eigenvalue weighted by Gasteiger charge is -2.24. The van der Waals surface area contributed by atoms with E-state index in [2.05, 4.69) is 20.4 Å². The lowest BCUT2D eigenvalue weighted by atomic mass is 10.0. The van der Waals surface area contributed by atoms with Crippen LogP contribution in [0.1, 0.15) is 34.5 Å². The maximum absolute atomic E-state index is 12.4. The molecule has 0 saturated carbocycles. The van der Waals surface area contributed by atoms with Gasteiger partial charge in [-0.3, -0.25) is 9.59 Å². The zero-order valence-corrected chi connectivity index (χ0v) is 18.5. The Labute approximate surface area is 191 Å². The SMILES string of the molecule is COc1ccc(C2=NN(CCc3ccc(NC(=O)c4c[nH]cn4)cc3)C(=O)CC2)cc1OC. The summed E-state index contributed by atoms with van der Waals surface area (Å²) in [6, 6.07) is 13.1. The first-order valence-corrected chi connectivity index (χ1v) is 10.6. The highest BCUT2D eigenvalue weighted by Crippen LogP contribution is 2.29. The highest BCUT2D eigenvalue weighted by Gasteiger charge is 2.22. The number of hydrogen-bond donors (Lipinski definition) is 2. The van der Waals surface area contributed by atoms with E-state index < -0.39 is 0 Å². The van der Waals surface area contributed by atoms with E-state index in [4.69, 9.17) is 9.47 Å². The van der Waals surface area contributed by atoms with Crippen LogP contribution in [0.2, 0.25) is 0 Å². The predicted octanol–water partition coefficient (Wildman–Crippen LogP) is 3.25. The van der Waals surface area contributed by atoms with Gasteiger partial charge in [0, 0.05) is 36.8 Å². The lowest BCUT2D eigenvalue weighted by Crippen LogP contribution is -2.33. The van der Waals surface area contributed by atoms with Crippen LogP contribution in [-0.2, 0) is 11.2 Å². The summed E-state index contributed by atoms with van der Waals surface area (Å²) >= 11 is 0. The van der Waals surface area contributed by atoms with E-state index in [1.807, 2.05) is 42.5 Å². The van der Waals surface area contributed by atoms with Gasteiger partial charge in [-0.05, 0) is 42.3 Å². The Kier molecular flexibility index (Phi) is 6.68. The van der Waals surface area contributed by atoms with Crippen molar-refractivity contribution in [3.05, 3.63) is 71.8 Å². The number of carbonyl (C=O) groups excluding carboxylic acids is 2. The quantitative estimate of drug-likeness (QED) is 0.551. The fourth-order valence-corrected chi connectivity index (χ4v) is 3.57. The monoisotopic (exact) mass is 447 g/mol. The molecule has 0 fully saturated rings. The van der Waals surface area contributed by atoms with Gasteiger partial charge in [-0.2, -0.15) is 5.10 Å². The Morgan fingerprint density at radius 3 is 2.58 bits per heavy atom. The summed E-state index contributed by atoms with van der Waals surface area (Å²) in [6.07, 6.45) is 4.62. The van der Waals surface area contributed by atoms with Crippen LogP contribution in [-0.4, -0.2) is 53.3 Å². The van der Waals surface area contributed by atoms with E-state index >= 15 is 0 Å². The average molecular weight is 447 g/mol. The number of aromatic nitrogens is 2. The van der Waals surface area contributed by atoms with Crippen LogP contribution in [0.5, 0.6) is 11.5 Å². The zero-order chi connectivity index (χ0) is 23.2. The summed E-state index contributed by atoms with van der Waals surface area (Å²) < 4.78 is 10.7. The van der Waals surface area contributed by atoms with Crippen molar-refractivity contribution in [2.75, 3.05) is 26.1 Å². The van der Waals surface area contributed by atoms with Crippen molar-refractivity contribution in [1.29, 1.82) is 0 Å². The van der Waals surface area contributed by atoms with E-state index in [1.54, 1.807) is 14.2 Å². The fourth-order valence-electron chi connectivity index (χ4n) is 3.57. The normalized spacial score (nSPS) is 13.5. The standard InChI is InChI=1S/C24H25N5O4/c1-32-21-9-5-17(13-22(21)33-2)19-8-10-23(30)29(28-19)12-11-16-3-6-18(7-4-16)27-24(31)20-14-25-15-26-20/h3-7,9,13-15H,8,10-12H2,1-2H3,(H,25,26)(H,27,31). The molecule has 9 heteroatoms. The molecule has 4 rings (SSSR count). The van der Waals surface area contributed by atoms with Crippen molar-refractivity contribution < 1.29 is 19.1 Å². The lowest BCUT2D eigenvalue weighted by molar-refractivity contribution is -0.131. The number of nitrogens with zero attached hydrogens (tertiary/aromatic N) is 3. The molecule has 2 aromatic carbocycles. The van der Waals surface area contributed by atoms with Gasteiger partial charge in [0.1, 0.15) is 5.69 Å². The maximum atomic E-state index is 12.4. The van der Waals surface area contributed by atoms with Gasteiger partial charge in [0.25, 0.3) is 5.91 Å². The number of hydrazone groups is 1. The predicted molar refractivity (Wildman–Crippen MR) is 124 cm³/mol. The smallest absolute Gasteiger partial charge is 0.275 e. The number of ether oxygens (including phenoxy) is 2. The van der Waals surface area contributed by atoms with Crippen molar-refractivity contribution in [1.82, 2.24) is 15.0 Å². The Balaban J connectivity index is 1.40. The van der Waals surface area contributed by atoms with Gasteiger partial charge in [0.05, 0.1) is 26.3 Å². The van der Waals surface area contributed by atoms with Crippen LogP contribution in [0, 0.1) is 0 Å². The van der Waals surface area contributed by atoms with Crippen LogP contribution in [0.3, 0.4) is 0 Å². The Hall–Kier alpha value is -4.14. The van der Waals surface area contributed by atoms with E-state index in [9.17, 15) is 9.59 Å². The van der Waals surface area contributed by atoms with Gasteiger partial charge in [-0.25, -0.2) is 9.99 Å².